The molecule has 0 aromatic heterocycles. The Kier molecular flexibility index (Phi) is 11.1. The van der Waals surface area contributed by atoms with E-state index in [-0.39, 0.29) is 0 Å². The van der Waals surface area contributed by atoms with E-state index in [0.717, 1.165) is 51.3 Å². The number of hydrogen-bond acceptors (Lipinski definition) is 6. The standard InChI is InChI=1S/C40H40O6/c1-2-36-34(23-35(41-26-30-15-7-3-8-16-30)25-37(36)42-27-31-17-9-4-10-18-31)24-38-45-39(43-28-32-19-11-5-12-20-32)40(46-38)44-29-33-21-13-6-14-22-33/h3-23,25,38-40H,2,24,26-29H2,1H3/t39-,40-/m0/s1. The van der Waals surface area contributed by atoms with Crippen molar-refractivity contribution in [3.63, 3.8) is 0 Å². The zero-order valence-electron chi connectivity index (χ0n) is 26.1. The highest BCUT2D eigenvalue weighted by Gasteiger charge is 2.38. The molecule has 1 heterocycles. The van der Waals surface area contributed by atoms with Crippen molar-refractivity contribution >= 4 is 0 Å². The normalized spacial score (nSPS) is 16.4. The van der Waals surface area contributed by atoms with Crippen molar-refractivity contribution < 1.29 is 28.4 Å². The molecule has 1 fully saturated rings. The largest absolute Gasteiger partial charge is 0.489 e. The van der Waals surface area contributed by atoms with Gasteiger partial charge in [-0.15, -0.1) is 0 Å². The number of hydrogen-bond donors (Lipinski definition) is 0. The summed E-state index contributed by atoms with van der Waals surface area (Å²) in [6.07, 6.45) is -0.717. The minimum Gasteiger partial charge on any atom is -0.489 e. The van der Waals surface area contributed by atoms with Crippen LogP contribution in [0.5, 0.6) is 11.5 Å². The van der Waals surface area contributed by atoms with Gasteiger partial charge in [-0.25, -0.2) is 0 Å². The first-order valence-electron chi connectivity index (χ1n) is 15.8. The Morgan fingerprint density at radius 3 is 1.41 bits per heavy atom. The first-order valence-corrected chi connectivity index (χ1v) is 15.8. The molecular weight excluding hydrogens is 576 g/mol. The van der Waals surface area contributed by atoms with Gasteiger partial charge in [0.05, 0.1) is 13.2 Å². The minimum atomic E-state index is -0.690. The monoisotopic (exact) mass is 616 g/mol. The van der Waals surface area contributed by atoms with E-state index in [1.807, 2.05) is 103 Å². The van der Waals surface area contributed by atoms with Crippen LogP contribution in [-0.2, 0) is 58.2 Å². The summed E-state index contributed by atoms with van der Waals surface area (Å²) >= 11 is 0. The Morgan fingerprint density at radius 2 is 0.957 bits per heavy atom. The van der Waals surface area contributed by atoms with Gasteiger partial charge in [-0.1, -0.05) is 128 Å². The van der Waals surface area contributed by atoms with E-state index >= 15 is 0 Å². The Hall–Kier alpha value is -4.46. The van der Waals surface area contributed by atoms with Crippen LogP contribution in [-0.4, -0.2) is 18.9 Å². The minimum absolute atomic E-state index is 0.382. The van der Waals surface area contributed by atoms with E-state index in [2.05, 4.69) is 37.3 Å². The molecule has 2 atom stereocenters. The molecule has 1 aliphatic heterocycles. The highest BCUT2D eigenvalue weighted by molar-refractivity contribution is 5.47. The fourth-order valence-electron chi connectivity index (χ4n) is 5.42. The van der Waals surface area contributed by atoms with E-state index in [1.165, 1.54) is 0 Å². The third kappa shape index (κ3) is 8.83. The average molecular weight is 617 g/mol. The Morgan fingerprint density at radius 1 is 0.522 bits per heavy atom. The maximum Gasteiger partial charge on any atom is 0.212 e. The van der Waals surface area contributed by atoms with Gasteiger partial charge in [0.15, 0.2) is 6.29 Å². The fraction of sp³-hybridized carbons (Fsp3) is 0.250. The summed E-state index contributed by atoms with van der Waals surface area (Å²) in [4.78, 5) is 0. The fourth-order valence-corrected chi connectivity index (χ4v) is 5.42. The number of benzene rings is 5. The Balaban J connectivity index is 1.21. The van der Waals surface area contributed by atoms with Crippen LogP contribution in [0.4, 0.5) is 0 Å². The van der Waals surface area contributed by atoms with Crippen molar-refractivity contribution in [2.24, 2.45) is 0 Å². The molecule has 6 heteroatoms. The number of rotatable bonds is 15. The molecule has 0 unspecified atom stereocenters. The molecule has 46 heavy (non-hydrogen) atoms. The molecule has 0 radical (unpaired) electrons. The molecule has 236 valence electrons. The van der Waals surface area contributed by atoms with Crippen molar-refractivity contribution in [1.29, 1.82) is 0 Å². The molecule has 0 N–H and O–H groups in total. The van der Waals surface area contributed by atoms with E-state index in [0.29, 0.717) is 32.8 Å². The SMILES string of the molecule is CCc1c(CC2O[C@H](OCc3ccccc3)[C@@H](OCc3ccccc3)O2)cc(OCc2ccccc2)cc1OCc1ccccc1. The van der Waals surface area contributed by atoms with Crippen LogP contribution in [0, 0.1) is 0 Å². The van der Waals surface area contributed by atoms with Gasteiger partial charge in [0.1, 0.15) is 24.7 Å². The summed E-state index contributed by atoms with van der Waals surface area (Å²) in [7, 11) is 0. The van der Waals surface area contributed by atoms with Gasteiger partial charge in [-0.05, 0) is 45.9 Å². The first kappa shape index (κ1) is 31.5. The molecule has 6 rings (SSSR count). The van der Waals surface area contributed by atoms with Gasteiger partial charge in [0.2, 0.25) is 12.6 Å². The second kappa shape index (κ2) is 16.2. The summed E-state index contributed by atoms with van der Waals surface area (Å²) in [6, 6.07) is 44.4. The molecule has 5 aromatic carbocycles. The summed E-state index contributed by atoms with van der Waals surface area (Å²) in [6.45, 7) is 3.80. The van der Waals surface area contributed by atoms with Gasteiger partial charge in [-0.3, -0.25) is 0 Å². The second-order valence-electron chi connectivity index (χ2n) is 11.2. The predicted octanol–water partition coefficient (Wildman–Crippen LogP) is 8.41. The summed E-state index contributed by atoms with van der Waals surface area (Å²) in [5, 5.41) is 0. The van der Waals surface area contributed by atoms with Gasteiger partial charge >= 0.3 is 0 Å². The van der Waals surface area contributed by atoms with Crippen LogP contribution in [0.3, 0.4) is 0 Å². The van der Waals surface area contributed by atoms with E-state index in [1.54, 1.807) is 0 Å². The van der Waals surface area contributed by atoms with Crippen molar-refractivity contribution in [2.45, 2.75) is 65.1 Å². The highest BCUT2D eigenvalue weighted by Crippen LogP contribution is 2.34. The lowest BCUT2D eigenvalue weighted by Crippen LogP contribution is -2.28. The molecule has 0 saturated carbocycles. The Bertz CT molecular complexity index is 1560. The van der Waals surface area contributed by atoms with Gasteiger partial charge in [0, 0.05) is 12.5 Å². The van der Waals surface area contributed by atoms with Crippen molar-refractivity contribution in [3.8, 4) is 11.5 Å². The summed E-state index contributed by atoms with van der Waals surface area (Å²) in [5.41, 5.74) is 6.41. The van der Waals surface area contributed by atoms with Crippen molar-refractivity contribution in [3.05, 3.63) is 167 Å². The first-order chi connectivity index (χ1) is 22.7. The lowest BCUT2D eigenvalue weighted by Gasteiger charge is -2.19. The maximum atomic E-state index is 6.42. The lowest BCUT2D eigenvalue weighted by molar-refractivity contribution is -0.200. The highest BCUT2D eigenvalue weighted by atomic mass is 16.9. The second-order valence-corrected chi connectivity index (χ2v) is 11.2. The van der Waals surface area contributed by atoms with Crippen molar-refractivity contribution in [2.75, 3.05) is 0 Å². The summed E-state index contributed by atoms with van der Waals surface area (Å²) < 4.78 is 37.9. The van der Waals surface area contributed by atoms with E-state index in [9.17, 15) is 0 Å². The number of ether oxygens (including phenoxy) is 6. The molecule has 6 nitrogen and oxygen atoms in total. The van der Waals surface area contributed by atoms with Crippen LogP contribution in [0.15, 0.2) is 133 Å². The molecule has 0 aliphatic carbocycles. The van der Waals surface area contributed by atoms with Gasteiger partial charge in [0.25, 0.3) is 0 Å². The van der Waals surface area contributed by atoms with Gasteiger partial charge < -0.3 is 28.4 Å². The zero-order chi connectivity index (χ0) is 31.4. The van der Waals surface area contributed by atoms with E-state index in [4.69, 9.17) is 28.4 Å². The van der Waals surface area contributed by atoms with Crippen LogP contribution in [0.2, 0.25) is 0 Å². The molecule has 0 bridgehead atoms. The van der Waals surface area contributed by atoms with Crippen LogP contribution in [0.25, 0.3) is 0 Å². The average Bonchev–Trinajstić information content (AvgIpc) is 3.50. The molecule has 5 aromatic rings. The molecular formula is C40H40O6. The van der Waals surface area contributed by atoms with Crippen molar-refractivity contribution in [1.82, 2.24) is 0 Å². The lowest BCUT2D eigenvalue weighted by atomic mass is 10.00. The smallest absolute Gasteiger partial charge is 0.212 e. The van der Waals surface area contributed by atoms with Crippen LogP contribution in [0.1, 0.15) is 40.3 Å². The molecule has 0 spiro atoms. The quantitative estimate of drug-likeness (QED) is 0.118. The molecule has 0 amide bonds. The van der Waals surface area contributed by atoms with E-state index < -0.39 is 18.9 Å². The third-order valence-corrected chi connectivity index (χ3v) is 7.81. The maximum absolute atomic E-state index is 6.42. The summed E-state index contributed by atoms with van der Waals surface area (Å²) in [5.74, 6) is 1.52. The Labute approximate surface area is 271 Å². The predicted molar refractivity (Wildman–Crippen MR) is 177 cm³/mol. The molecule has 1 saturated heterocycles. The zero-order valence-corrected chi connectivity index (χ0v) is 26.1. The van der Waals surface area contributed by atoms with Crippen LogP contribution >= 0.6 is 0 Å². The third-order valence-electron chi connectivity index (χ3n) is 7.81. The molecule has 1 aliphatic rings. The van der Waals surface area contributed by atoms with Gasteiger partial charge in [-0.2, -0.15) is 0 Å². The van der Waals surface area contributed by atoms with Crippen LogP contribution < -0.4 is 9.47 Å². The topological polar surface area (TPSA) is 55.4 Å².